The SMILES string of the molecule is C=C(CBr)C(CCCCC)CCCCCC. The van der Waals surface area contributed by atoms with Gasteiger partial charge in [0.25, 0.3) is 0 Å². The summed E-state index contributed by atoms with van der Waals surface area (Å²) in [6.07, 6.45) is 12.3. The molecule has 0 N–H and O–H groups in total. The van der Waals surface area contributed by atoms with E-state index in [9.17, 15) is 0 Å². The average molecular weight is 289 g/mol. The maximum Gasteiger partial charge on any atom is 0.0241 e. The van der Waals surface area contributed by atoms with Crippen LogP contribution in [0.1, 0.15) is 71.6 Å². The van der Waals surface area contributed by atoms with Crippen LogP contribution in [-0.4, -0.2) is 5.33 Å². The predicted molar refractivity (Wildman–Crippen MR) is 79.3 cm³/mol. The molecular weight excluding hydrogens is 260 g/mol. The number of hydrogen-bond donors (Lipinski definition) is 0. The van der Waals surface area contributed by atoms with E-state index < -0.39 is 0 Å². The molecule has 0 nitrogen and oxygen atoms in total. The Morgan fingerprint density at radius 2 is 1.44 bits per heavy atom. The quantitative estimate of drug-likeness (QED) is 0.245. The molecule has 0 spiro atoms. The molecule has 1 atom stereocenters. The van der Waals surface area contributed by atoms with Gasteiger partial charge in [0.05, 0.1) is 0 Å². The number of unbranched alkanes of at least 4 members (excludes halogenated alkanes) is 5. The highest BCUT2D eigenvalue weighted by atomic mass is 79.9. The van der Waals surface area contributed by atoms with Crippen molar-refractivity contribution in [2.75, 3.05) is 5.33 Å². The van der Waals surface area contributed by atoms with Crippen LogP contribution in [0.15, 0.2) is 12.2 Å². The van der Waals surface area contributed by atoms with Gasteiger partial charge < -0.3 is 0 Å². The first-order chi connectivity index (χ1) is 7.76. The van der Waals surface area contributed by atoms with E-state index in [1.807, 2.05) is 0 Å². The highest BCUT2D eigenvalue weighted by Gasteiger charge is 2.10. The third kappa shape index (κ3) is 8.38. The molecule has 96 valence electrons. The van der Waals surface area contributed by atoms with Crippen LogP contribution in [0.5, 0.6) is 0 Å². The molecule has 0 bridgehead atoms. The van der Waals surface area contributed by atoms with E-state index >= 15 is 0 Å². The first kappa shape index (κ1) is 16.2. The summed E-state index contributed by atoms with van der Waals surface area (Å²) in [5.41, 5.74) is 1.41. The van der Waals surface area contributed by atoms with E-state index in [-0.39, 0.29) is 0 Å². The minimum absolute atomic E-state index is 0.766. The summed E-state index contributed by atoms with van der Waals surface area (Å²) in [4.78, 5) is 0. The van der Waals surface area contributed by atoms with Crippen molar-refractivity contribution >= 4 is 15.9 Å². The molecular formula is C15H29Br. The maximum atomic E-state index is 4.20. The van der Waals surface area contributed by atoms with Gasteiger partial charge in [-0.3, -0.25) is 0 Å². The van der Waals surface area contributed by atoms with E-state index in [2.05, 4.69) is 36.4 Å². The molecule has 0 saturated heterocycles. The Labute approximate surface area is 111 Å². The number of rotatable bonds is 11. The minimum Gasteiger partial charge on any atom is -0.0987 e. The van der Waals surface area contributed by atoms with E-state index in [4.69, 9.17) is 0 Å². The second-order valence-corrected chi connectivity index (χ2v) is 5.39. The Balaban J connectivity index is 3.77. The van der Waals surface area contributed by atoms with Crippen LogP contribution in [0.2, 0.25) is 0 Å². The molecule has 0 aromatic heterocycles. The van der Waals surface area contributed by atoms with Crippen molar-refractivity contribution in [3.8, 4) is 0 Å². The van der Waals surface area contributed by atoms with E-state index in [0.717, 1.165) is 11.2 Å². The van der Waals surface area contributed by atoms with Crippen LogP contribution >= 0.6 is 15.9 Å². The topological polar surface area (TPSA) is 0 Å². The molecule has 0 aromatic rings. The third-order valence-corrected chi connectivity index (χ3v) is 4.03. The van der Waals surface area contributed by atoms with Crippen molar-refractivity contribution in [3.63, 3.8) is 0 Å². The largest absolute Gasteiger partial charge is 0.0987 e. The minimum atomic E-state index is 0.766. The van der Waals surface area contributed by atoms with Gasteiger partial charge >= 0.3 is 0 Å². The molecule has 0 fully saturated rings. The predicted octanol–water partition coefficient (Wildman–Crippen LogP) is 6.10. The first-order valence-corrected chi connectivity index (χ1v) is 8.12. The molecule has 0 radical (unpaired) electrons. The van der Waals surface area contributed by atoms with Crippen LogP contribution in [-0.2, 0) is 0 Å². The molecule has 0 rings (SSSR count). The fourth-order valence-electron chi connectivity index (χ4n) is 2.12. The fourth-order valence-corrected chi connectivity index (χ4v) is 2.58. The lowest BCUT2D eigenvalue weighted by Gasteiger charge is -2.18. The van der Waals surface area contributed by atoms with Gasteiger partial charge in [-0.25, -0.2) is 0 Å². The summed E-state index contributed by atoms with van der Waals surface area (Å²) in [6.45, 7) is 8.75. The Morgan fingerprint density at radius 3 is 1.94 bits per heavy atom. The molecule has 16 heavy (non-hydrogen) atoms. The summed E-state index contributed by atoms with van der Waals surface area (Å²) in [6, 6.07) is 0. The van der Waals surface area contributed by atoms with Gasteiger partial charge in [0, 0.05) is 5.33 Å². The van der Waals surface area contributed by atoms with Crippen molar-refractivity contribution < 1.29 is 0 Å². The highest BCUT2D eigenvalue weighted by molar-refractivity contribution is 9.09. The second kappa shape index (κ2) is 11.7. The van der Waals surface area contributed by atoms with Crippen molar-refractivity contribution in [2.45, 2.75) is 71.6 Å². The van der Waals surface area contributed by atoms with Crippen molar-refractivity contribution in [1.82, 2.24) is 0 Å². The van der Waals surface area contributed by atoms with E-state index in [0.29, 0.717) is 0 Å². The van der Waals surface area contributed by atoms with Crippen LogP contribution in [0, 0.1) is 5.92 Å². The third-order valence-electron chi connectivity index (χ3n) is 3.31. The summed E-state index contributed by atoms with van der Waals surface area (Å²) in [5, 5.41) is 0.984. The van der Waals surface area contributed by atoms with E-state index in [1.165, 1.54) is 63.4 Å². The molecule has 0 aliphatic rings. The molecule has 0 amide bonds. The molecule has 0 aliphatic carbocycles. The summed E-state index contributed by atoms with van der Waals surface area (Å²) in [5.74, 6) is 0.766. The van der Waals surface area contributed by atoms with Crippen molar-refractivity contribution in [1.29, 1.82) is 0 Å². The lowest BCUT2D eigenvalue weighted by atomic mass is 9.90. The fraction of sp³-hybridized carbons (Fsp3) is 0.867. The Bertz CT molecular complexity index is 163. The van der Waals surface area contributed by atoms with Crippen molar-refractivity contribution in [2.24, 2.45) is 5.92 Å². The highest BCUT2D eigenvalue weighted by Crippen LogP contribution is 2.25. The van der Waals surface area contributed by atoms with E-state index in [1.54, 1.807) is 0 Å². The van der Waals surface area contributed by atoms with Crippen LogP contribution in [0.4, 0.5) is 0 Å². The van der Waals surface area contributed by atoms with Gasteiger partial charge in [-0.2, -0.15) is 0 Å². The molecule has 1 unspecified atom stereocenters. The summed E-state index contributed by atoms with van der Waals surface area (Å²) >= 11 is 3.55. The number of hydrogen-bond acceptors (Lipinski definition) is 0. The molecule has 0 saturated carbocycles. The molecule has 0 heterocycles. The standard InChI is InChI=1S/C15H29Br/c1-4-6-8-10-12-15(14(3)13-16)11-9-7-5-2/h15H,3-13H2,1-2H3. The average Bonchev–Trinajstić information content (AvgIpc) is 2.31. The van der Waals surface area contributed by atoms with Gasteiger partial charge in [-0.1, -0.05) is 86.9 Å². The van der Waals surface area contributed by atoms with Gasteiger partial charge in [0.15, 0.2) is 0 Å². The lowest BCUT2D eigenvalue weighted by molar-refractivity contribution is 0.460. The zero-order chi connectivity index (χ0) is 12.2. The number of allylic oxidation sites excluding steroid dienone is 1. The van der Waals surface area contributed by atoms with Crippen LogP contribution in [0.3, 0.4) is 0 Å². The Hall–Kier alpha value is 0.220. The Morgan fingerprint density at radius 1 is 0.938 bits per heavy atom. The normalized spacial score (nSPS) is 12.7. The maximum absolute atomic E-state index is 4.20. The Kier molecular flexibility index (Phi) is 11.9. The van der Waals surface area contributed by atoms with Crippen LogP contribution < -0.4 is 0 Å². The molecule has 0 aromatic carbocycles. The van der Waals surface area contributed by atoms with Gasteiger partial charge in [-0.05, 0) is 18.8 Å². The monoisotopic (exact) mass is 288 g/mol. The molecule has 1 heteroatoms. The van der Waals surface area contributed by atoms with Gasteiger partial charge in [0.1, 0.15) is 0 Å². The van der Waals surface area contributed by atoms with Crippen LogP contribution in [0.25, 0.3) is 0 Å². The lowest BCUT2D eigenvalue weighted by Crippen LogP contribution is -2.05. The molecule has 0 aliphatic heterocycles. The van der Waals surface area contributed by atoms with Gasteiger partial charge in [-0.15, -0.1) is 0 Å². The smallest absolute Gasteiger partial charge is 0.0241 e. The van der Waals surface area contributed by atoms with Crippen molar-refractivity contribution in [3.05, 3.63) is 12.2 Å². The number of halogens is 1. The second-order valence-electron chi connectivity index (χ2n) is 4.83. The zero-order valence-corrected chi connectivity index (χ0v) is 12.8. The zero-order valence-electron chi connectivity index (χ0n) is 11.2. The summed E-state index contributed by atoms with van der Waals surface area (Å²) < 4.78 is 0. The number of alkyl halides is 1. The van der Waals surface area contributed by atoms with Gasteiger partial charge in [0.2, 0.25) is 0 Å². The first-order valence-electron chi connectivity index (χ1n) is 6.99. The summed E-state index contributed by atoms with van der Waals surface area (Å²) in [7, 11) is 0.